The van der Waals surface area contributed by atoms with Crippen LogP contribution in [0.1, 0.15) is 39.2 Å². The molecule has 1 fully saturated rings. The number of nitrogens with zero attached hydrogens (tertiary/aromatic N) is 5. The Balaban J connectivity index is 0.00000228. The molecule has 2 N–H and O–H groups in total. The Morgan fingerprint density at radius 2 is 2.11 bits per heavy atom. The van der Waals surface area contributed by atoms with Gasteiger partial charge in [0.15, 0.2) is 0 Å². The summed E-state index contributed by atoms with van der Waals surface area (Å²) in [6, 6.07) is 7.70. The minimum atomic E-state index is -0.668. The largest absolute Gasteiger partial charge is 0.492 e. The Morgan fingerprint density at radius 1 is 1.33 bits per heavy atom. The number of nitrogens with one attached hydrogen (secondary N) is 1. The molecule has 0 saturated carbocycles. The summed E-state index contributed by atoms with van der Waals surface area (Å²) in [5.41, 5.74) is 2.83. The summed E-state index contributed by atoms with van der Waals surface area (Å²) < 4.78 is 7.33. The fourth-order valence-electron chi connectivity index (χ4n) is 4.32. The first-order chi connectivity index (χ1) is 16.4. The molecule has 1 amide bonds. The van der Waals surface area contributed by atoms with E-state index in [-0.39, 0.29) is 44.9 Å². The van der Waals surface area contributed by atoms with Gasteiger partial charge in [-0.1, -0.05) is 13.8 Å². The van der Waals surface area contributed by atoms with Gasteiger partial charge in [0.05, 0.1) is 42.2 Å². The molecule has 36 heavy (non-hydrogen) atoms. The third-order valence-corrected chi connectivity index (χ3v) is 5.92. The highest BCUT2D eigenvalue weighted by Gasteiger charge is 2.29. The molecule has 194 valence electrons. The zero-order valence-electron chi connectivity index (χ0n) is 20.7. The summed E-state index contributed by atoms with van der Waals surface area (Å²) in [5, 5.41) is 27.4. The number of pyridine rings is 2. The maximum Gasteiger partial charge on any atom is 0.220 e. The number of nitriles is 1. The Bertz CT molecular complexity index is 1210. The lowest BCUT2D eigenvalue weighted by Gasteiger charge is -2.37. The molecule has 2 atom stereocenters. The second-order valence-corrected chi connectivity index (χ2v) is 8.96. The molecule has 3 aromatic heterocycles. The molecule has 0 radical (unpaired) electrons. The number of aliphatic hydroxyl groups is 1. The molecule has 9 nitrogen and oxygen atoms in total. The van der Waals surface area contributed by atoms with E-state index in [0.717, 1.165) is 16.9 Å². The first-order valence-electron chi connectivity index (χ1n) is 11.6. The van der Waals surface area contributed by atoms with Crippen molar-refractivity contribution in [1.82, 2.24) is 19.9 Å². The summed E-state index contributed by atoms with van der Waals surface area (Å²) in [6.07, 6.45) is 5.50. The van der Waals surface area contributed by atoms with Gasteiger partial charge < -0.3 is 20.1 Å². The van der Waals surface area contributed by atoms with Crippen molar-refractivity contribution in [2.24, 2.45) is 5.92 Å². The van der Waals surface area contributed by atoms with Crippen LogP contribution in [0.5, 0.6) is 5.75 Å². The molecule has 0 bridgehead atoms. The van der Waals surface area contributed by atoms with E-state index in [2.05, 4.69) is 21.5 Å². The molecule has 1 aliphatic heterocycles. The summed E-state index contributed by atoms with van der Waals surface area (Å²) in [5.74, 6) is 1.67. The zero-order valence-corrected chi connectivity index (χ0v) is 22.7. The second kappa shape index (κ2) is 12.9. The Hall–Kier alpha value is -2.94. The van der Waals surface area contributed by atoms with Gasteiger partial charge in [0, 0.05) is 36.8 Å². The van der Waals surface area contributed by atoms with Crippen LogP contribution in [0.4, 0.5) is 5.82 Å². The molecular formula is C25H34N6O3S2. The van der Waals surface area contributed by atoms with Gasteiger partial charge in [-0.05, 0) is 37.5 Å². The Labute approximate surface area is 225 Å². The fourth-order valence-corrected chi connectivity index (χ4v) is 4.32. The first-order valence-corrected chi connectivity index (χ1v) is 11.6. The maximum absolute atomic E-state index is 12.1. The number of aromatic nitrogens is 3. The minimum Gasteiger partial charge on any atom is -0.492 e. The quantitative estimate of drug-likeness (QED) is 0.482. The average molecular weight is 531 g/mol. The lowest BCUT2D eigenvalue weighted by Crippen LogP contribution is -2.54. The minimum absolute atomic E-state index is 0. The number of β-amino-alcohol motifs (C(OH)–C–C–N with tert-alkyl or cyclic N) is 1. The van der Waals surface area contributed by atoms with Crippen molar-refractivity contribution >= 4 is 44.2 Å². The zero-order chi connectivity index (χ0) is 24.2. The number of carbonyl (C=O) groups excluding carboxylic acids is 1. The maximum atomic E-state index is 12.1. The van der Waals surface area contributed by atoms with Crippen molar-refractivity contribution in [1.29, 1.82) is 5.26 Å². The molecule has 4 heterocycles. The third-order valence-electron chi connectivity index (χ3n) is 5.92. The second-order valence-electron chi connectivity index (χ2n) is 8.96. The lowest BCUT2D eigenvalue weighted by molar-refractivity contribution is -0.123. The van der Waals surface area contributed by atoms with E-state index >= 15 is 0 Å². The smallest absolute Gasteiger partial charge is 0.220 e. The van der Waals surface area contributed by atoms with E-state index in [9.17, 15) is 15.2 Å². The van der Waals surface area contributed by atoms with Crippen LogP contribution in [-0.4, -0.2) is 57.5 Å². The molecule has 0 aromatic carbocycles. The van der Waals surface area contributed by atoms with Gasteiger partial charge >= 0.3 is 0 Å². The van der Waals surface area contributed by atoms with Gasteiger partial charge in [-0.3, -0.25) is 4.79 Å². The Kier molecular flexibility index (Phi) is 10.5. The molecule has 3 aromatic rings. The Morgan fingerprint density at radius 3 is 2.72 bits per heavy atom. The molecule has 0 unspecified atom stereocenters. The number of amides is 1. The van der Waals surface area contributed by atoms with Crippen LogP contribution >= 0.6 is 27.0 Å². The molecule has 0 spiro atoms. The number of rotatable bonds is 7. The van der Waals surface area contributed by atoms with E-state index in [4.69, 9.17) is 4.74 Å². The van der Waals surface area contributed by atoms with Crippen LogP contribution in [-0.2, 0) is 4.79 Å². The number of hydrogen-bond donors (Lipinski definition) is 2. The van der Waals surface area contributed by atoms with Crippen LogP contribution < -0.4 is 15.0 Å². The van der Waals surface area contributed by atoms with Crippen molar-refractivity contribution in [2.75, 3.05) is 24.6 Å². The summed E-state index contributed by atoms with van der Waals surface area (Å²) in [4.78, 5) is 18.7. The number of ether oxygens (including phenoxy) is 1. The van der Waals surface area contributed by atoms with Crippen LogP contribution in [0.25, 0.3) is 16.6 Å². The highest BCUT2D eigenvalue weighted by Crippen LogP contribution is 2.31. The topological polar surface area (TPSA) is 116 Å². The lowest BCUT2D eigenvalue weighted by atomic mass is 10.0. The predicted molar refractivity (Wildman–Crippen MR) is 149 cm³/mol. The standard InChI is InChI=1S/C25H30N6O3.2H2S/c1-4-34-19-10-20(25-18(11-26)13-28-31(25)14-19)17-5-6-23(27-12-17)30-8-7-21(22(32)15-30)29-24(33)9-16(2)3;;/h5-6,10,12-14,16,21-22,32H,4,7-9,15H2,1-3H3,(H,29,33);2*1H2/t21-,22-;;/m0../s1. The van der Waals surface area contributed by atoms with Crippen LogP contribution in [0.3, 0.4) is 0 Å². The van der Waals surface area contributed by atoms with Gasteiger partial charge in [-0.15, -0.1) is 0 Å². The van der Waals surface area contributed by atoms with Crippen LogP contribution in [0.15, 0.2) is 36.8 Å². The number of hydrogen-bond acceptors (Lipinski definition) is 7. The summed E-state index contributed by atoms with van der Waals surface area (Å²) in [6.45, 7) is 7.51. The van der Waals surface area contributed by atoms with Crippen LogP contribution in [0, 0.1) is 17.2 Å². The number of fused-ring (bicyclic) bond motifs is 1. The van der Waals surface area contributed by atoms with E-state index in [1.54, 1.807) is 23.1 Å². The highest BCUT2D eigenvalue weighted by molar-refractivity contribution is 7.59. The van der Waals surface area contributed by atoms with Gasteiger partial charge in [0.1, 0.15) is 17.6 Å². The van der Waals surface area contributed by atoms with Crippen molar-refractivity contribution in [3.05, 3.63) is 42.4 Å². The molecule has 0 aliphatic carbocycles. The molecular weight excluding hydrogens is 496 g/mol. The molecule has 1 saturated heterocycles. The predicted octanol–water partition coefficient (Wildman–Crippen LogP) is 2.99. The third kappa shape index (κ3) is 6.43. The number of aliphatic hydroxyl groups excluding tert-OH is 1. The van der Waals surface area contributed by atoms with E-state index in [1.807, 2.05) is 43.9 Å². The first kappa shape index (κ1) is 29.3. The number of carbonyl (C=O) groups is 1. The SMILES string of the molecule is CCOc1cc(-c2ccc(N3CC[C@H](NC(=O)CC(C)C)[C@@H](O)C3)nc2)c2c(C#N)cnn2c1.S.S. The summed E-state index contributed by atoms with van der Waals surface area (Å²) in [7, 11) is 0. The normalized spacial score (nSPS) is 17.2. The molecule has 1 aliphatic rings. The highest BCUT2D eigenvalue weighted by atomic mass is 32.1. The monoisotopic (exact) mass is 530 g/mol. The van der Waals surface area contributed by atoms with Crippen molar-refractivity contribution < 1.29 is 14.6 Å². The molecule has 11 heteroatoms. The van der Waals surface area contributed by atoms with Gasteiger partial charge in [-0.25, -0.2) is 9.50 Å². The average Bonchev–Trinajstić information content (AvgIpc) is 3.23. The number of anilines is 1. The van der Waals surface area contributed by atoms with Gasteiger partial charge in [-0.2, -0.15) is 37.4 Å². The van der Waals surface area contributed by atoms with Crippen molar-refractivity contribution in [3.63, 3.8) is 0 Å². The molecule has 4 rings (SSSR count). The van der Waals surface area contributed by atoms with E-state index in [1.165, 1.54) is 0 Å². The van der Waals surface area contributed by atoms with Gasteiger partial charge in [0.2, 0.25) is 5.91 Å². The van der Waals surface area contributed by atoms with Crippen LogP contribution in [0.2, 0.25) is 0 Å². The van der Waals surface area contributed by atoms with Crippen molar-refractivity contribution in [3.8, 4) is 22.9 Å². The van der Waals surface area contributed by atoms with Crippen molar-refractivity contribution in [2.45, 2.75) is 45.8 Å². The fraction of sp³-hybridized carbons (Fsp3) is 0.440. The van der Waals surface area contributed by atoms with E-state index in [0.29, 0.717) is 49.4 Å². The van der Waals surface area contributed by atoms with Gasteiger partial charge in [0.25, 0.3) is 0 Å². The summed E-state index contributed by atoms with van der Waals surface area (Å²) >= 11 is 0. The van der Waals surface area contributed by atoms with E-state index < -0.39 is 6.10 Å². The number of piperidine rings is 1.